The largest absolute Gasteiger partial charge is 0.355 e. The van der Waals surface area contributed by atoms with E-state index in [0.29, 0.717) is 19.0 Å². The average Bonchev–Trinajstić information content (AvgIpc) is 2.75. The molecule has 0 aromatic rings. The molecule has 2 amide bonds. The van der Waals surface area contributed by atoms with Gasteiger partial charge in [0.15, 0.2) is 0 Å². The Morgan fingerprint density at radius 1 is 1.29 bits per heavy atom. The Morgan fingerprint density at radius 3 is 2.47 bits per heavy atom. The summed E-state index contributed by atoms with van der Waals surface area (Å²) in [5.41, 5.74) is 0. The van der Waals surface area contributed by atoms with Crippen molar-refractivity contribution in [1.29, 1.82) is 0 Å². The summed E-state index contributed by atoms with van der Waals surface area (Å²) in [6.07, 6.45) is 5.01. The molecule has 2 aliphatic rings. The highest BCUT2D eigenvalue weighted by molar-refractivity contribution is 5.89. The van der Waals surface area contributed by atoms with Gasteiger partial charge in [0, 0.05) is 26.1 Å². The maximum Gasteiger partial charge on any atom is 0.227 e. The van der Waals surface area contributed by atoms with E-state index in [0.717, 1.165) is 18.8 Å². The van der Waals surface area contributed by atoms with E-state index >= 15 is 0 Å². The van der Waals surface area contributed by atoms with Gasteiger partial charge in [-0.25, -0.2) is 0 Å². The molecule has 0 bridgehead atoms. The van der Waals surface area contributed by atoms with E-state index in [4.69, 9.17) is 0 Å². The van der Waals surface area contributed by atoms with Gasteiger partial charge in [0.1, 0.15) is 0 Å². The van der Waals surface area contributed by atoms with Crippen LogP contribution < -0.4 is 5.32 Å². The summed E-state index contributed by atoms with van der Waals surface area (Å²) in [6, 6.07) is 0.384. The second-order valence-corrected chi connectivity index (χ2v) is 5.57. The van der Waals surface area contributed by atoms with Gasteiger partial charge in [0.2, 0.25) is 11.8 Å². The molecule has 1 atom stereocenters. The van der Waals surface area contributed by atoms with E-state index in [1.54, 1.807) is 0 Å². The quantitative estimate of drug-likeness (QED) is 0.785. The Labute approximate surface area is 103 Å². The van der Waals surface area contributed by atoms with Crippen LogP contribution >= 0.6 is 0 Å². The van der Waals surface area contributed by atoms with Crippen molar-refractivity contribution in [2.24, 2.45) is 11.8 Å². The Bertz CT molecular complexity index is 309. The van der Waals surface area contributed by atoms with E-state index in [-0.39, 0.29) is 17.7 Å². The topological polar surface area (TPSA) is 49.4 Å². The molecule has 4 nitrogen and oxygen atoms in total. The first-order valence-electron chi connectivity index (χ1n) is 6.61. The number of amides is 2. The third-order valence-corrected chi connectivity index (χ3v) is 4.21. The molecular weight excluding hydrogens is 216 g/mol. The van der Waals surface area contributed by atoms with Gasteiger partial charge in [0.05, 0.1) is 5.92 Å². The third kappa shape index (κ3) is 2.79. The summed E-state index contributed by atoms with van der Waals surface area (Å²) < 4.78 is 0. The number of carbonyl (C=O) groups excluding carboxylic acids is 2. The monoisotopic (exact) mass is 238 g/mol. The molecule has 1 saturated carbocycles. The Kier molecular flexibility index (Phi) is 3.69. The number of rotatable bonds is 2. The zero-order valence-corrected chi connectivity index (χ0v) is 10.7. The molecule has 17 heavy (non-hydrogen) atoms. The highest BCUT2D eigenvalue weighted by Crippen LogP contribution is 2.27. The lowest BCUT2D eigenvalue weighted by Gasteiger charge is -2.34. The van der Waals surface area contributed by atoms with Crippen LogP contribution in [0, 0.1) is 11.8 Å². The molecule has 1 aliphatic carbocycles. The van der Waals surface area contributed by atoms with E-state index in [9.17, 15) is 9.59 Å². The highest BCUT2D eigenvalue weighted by Gasteiger charge is 2.33. The Morgan fingerprint density at radius 2 is 1.94 bits per heavy atom. The van der Waals surface area contributed by atoms with Crippen molar-refractivity contribution < 1.29 is 9.59 Å². The van der Waals surface area contributed by atoms with E-state index in [1.165, 1.54) is 12.8 Å². The fourth-order valence-corrected chi connectivity index (χ4v) is 2.88. The van der Waals surface area contributed by atoms with E-state index in [1.807, 2.05) is 11.9 Å². The fraction of sp³-hybridized carbons (Fsp3) is 0.846. The first kappa shape index (κ1) is 12.4. The normalized spacial score (nSPS) is 33.3. The lowest BCUT2D eigenvalue weighted by atomic mass is 9.86. The molecule has 1 N–H and O–H groups in total. The minimum Gasteiger partial charge on any atom is -0.355 e. The van der Waals surface area contributed by atoms with Crippen LogP contribution in [0.3, 0.4) is 0 Å². The number of carbonyl (C=O) groups is 2. The molecule has 2 rings (SSSR count). The van der Waals surface area contributed by atoms with Gasteiger partial charge in [0.25, 0.3) is 0 Å². The van der Waals surface area contributed by atoms with Gasteiger partial charge in [-0.05, 0) is 31.6 Å². The zero-order valence-electron chi connectivity index (χ0n) is 10.7. The molecular formula is C13H22N2O2. The second kappa shape index (κ2) is 5.07. The first-order chi connectivity index (χ1) is 8.08. The van der Waals surface area contributed by atoms with Crippen LogP contribution in [0.5, 0.6) is 0 Å². The van der Waals surface area contributed by atoms with Gasteiger partial charge in [-0.3, -0.25) is 9.59 Å². The average molecular weight is 238 g/mol. The minimum atomic E-state index is -0.133. The molecule has 0 aromatic heterocycles. The van der Waals surface area contributed by atoms with Crippen molar-refractivity contribution in [3.05, 3.63) is 0 Å². The van der Waals surface area contributed by atoms with Crippen LogP contribution in [-0.2, 0) is 9.59 Å². The standard InChI is InChI=1S/C13H22N2O2/c1-9-3-5-11(6-4-9)15(2)13(17)10-7-12(16)14-8-10/h9-11H,3-8H2,1-2H3,(H,14,16). The predicted molar refractivity (Wildman–Crippen MR) is 65.3 cm³/mol. The molecule has 0 aromatic carbocycles. The molecule has 96 valence electrons. The summed E-state index contributed by atoms with van der Waals surface area (Å²) in [5.74, 6) is 0.813. The number of nitrogens with zero attached hydrogens (tertiary/aromatic N) is 1. The van der Waals surface area contributed by atoms with Crippen LogP contribution in [0.2, 0.25) is 0 Å². The summed E-state index contributed by atoms with van der Waals surface area (Å²) in [6.45, 7) is 2.79. The zero-order chi connectivity index (χ0) is 12.4. The van der Waals surface area contributed by atoms with Crippen LogP contribution in [0.4, 0.5) is 0 Å². The molecule has 1 unspecified atom stereocenters. The summed E-state index contributed by atoms with van der Waals surface area (Å²) in [4.78, 5) is 25.2. The molecule has 1 aliphatic heterocycles. The van der Waals surface area contributed by atoms with Crippen molar-refractivity contribution >= 4 is 11.8 Å². The molecule has 1 heterocycles. The summed E-state index contributed by atoms with van der Waals surface area (Å²) in [5, 5.41) is 2.73. The molecule has 1 saturated heterocycles. The van der Waals surface area contributed by atoms with Crippen molar-refractivity contribution in [3.8, 4) is 0 Å². The summed E-state index contributed by atoms with van der Waals surface area (Å²) in [7, 11) is 1.89. The van der Waals surface area contributed by atoms with Gasteiger partial charge < -0.3 is 10.2 Å². The fourth-order valence-electron chi connectivity index (χ4n) is 2.88. The van der Waals surface area contributed by atoms with Crippen molar-refractivity contribution in [1.82, 2.24) is 10.2 Å². The second-order valence-electron chi connectivity index (χ2n) is 5.57. The Balaban J connectivity index is 1.88. The molecule has 0 spiro atoms. The van der Waals surface area contributed by atoms with E-state index < -0.39 is 0 Å². The maximum atomic E-state index is 12.2. The SMILES string of the molecule is CC1CCC(N(C)C(=O)C2CNC(=O)C2)CC1. The van der Waals surface area contributed by atoms with Crippen molar-refractivity contribution in [3.63, 3.8) is 0 Å². The van der Waals surface area contributed by atoms with Crippen molar-refractivity contribution in [2.75, 3.05) is 13.6 Å². The van der Waals surface area contributed by atoms with Crippen molar-refractivity contribution in [2.45, 2.75) is 45.1 Å². The van der Waals surface area contributed by atoms with Gasteiger partial charge in [-0.15, -0.1) is 0 Å². The van der Waals surface area contributed by atoms with Gasteiger partial charge in [-0.2, -0.15) is 0 Å². The van der Waals surface area contributed by atoms with E-state index in [2.05, 4.69) is 12.2 Å². The molecule has 0 radical (unpaired) electrons. The number of nitrogens with one attached hydrogen (secondary N) is 1. The first-order valence-corrected chi connectivity index (χ1v) is 6.61. The third-order valence-electron chi connectivity index (χ3n) is 4.21. The lowest BCUT2D eigenvalue weighted by Crippen LogP contribution is -2.42. The highest BCUT2D eigenvalue weighted by atomic mass is 16.2. The van der Waals surface area contributed by atoms with Crippen LogP contribution in [0.1, 0.15) is 39.0 Å². The smallest absolute Gasteiger partial charge is 0.227 e. The van der Waals surface area contributed by atoms with Crippen LogP contribution in [0.15, 0.2) is 0 Å². The van der Waals surface area contributed by atoms with Crippen LogP contribution in [-0.4, -0.2) is 36.3 Å². The van der Waals surface area contributed by atoms with Gasteiger partial charge in [-0.1, -0.05) is 6.92 Å². The molecule has 2 fully saturated rings. The summed E-state index contributed by atoms with van der Waals surface area (Å²) >= 11 is 0. The Hall–Kier alpha value is -1.06. The predicted octanol–water partition coefficient (Wildman–Crippen LogP) is 1.16. The molecule has 4 heteroatoms. The van der Waals surface area contributed by atoms with Crippen LogP contribution in [0.25, 0.3) is 0 Å². The van der Waals surface area contributed by atoms with Gasteiger partial charge >= 0.3 is 0 Å². The minimum absolute atomic E-state index is 0.00835. The number of hydrogen-bond donors (Lipinski definition) is 1. The maximum absolute atomic E-state index is 12.2. The lowest BCUT2D eigenvalue weighted by molar-refractivity contribution is -0.137. The number of hydrogen-bond acceptors (Lipinski definition) is 2.